The number of ether oxygens (including phenoxy) is 4. The van der Waals surface area contributed by atoms with Crippen molar-refractivity contribution in [1.82, 2.24) is 29.7 Å². The smallest absolute Gasteiger partial charge is 0.272 e. The van der Waals surface area contributed by atoms with E-state index in [-0.39, 0.29) is 42.9 Å². The second kappa shape index (κ2) is 17.9. The number of allylic oxidation sites excluding steroid dienone is 2. The van der Waals surface area contributed by atoms with Gasteiger partial charge in [-0.15, -0.1) is 0 Å². The fourth-order valence-corrected chi connectivity index (χ4v) is 9.76. The van der Waals surface area contributed by atoms with E-state index in [1.165, 1.54) is 4.90 Å². The molecule has 3 amide bonds. The fraction of sp³-hybridized carbons (Fsp3) is 0.581. The fourth-order valence-electron chi connectivity index (χ4n) is 8.37. The summed E-state index contributed by atoms with van der Waals surface area (Å²) in [5, 5.41) is 7.36. The lowest BCUT2D eigenvalue weighted by atomic mass is 9.91. The Hall–Kier alpha value is -5.03. The molecule has 0 radical (unpaired) electrons. The molecule has 0 spiro atoms. The Morgan fingerprint density at radius 1 is 1.05 bits per heavy atom. The van der Waals surface area contributed by atoms with Gasteiger partial charge in [0.15, 0.2) is 5.78 Å². The van der Waals surface area contributed by atoms with E-state index in [4.69, 9.17) is 23.9 Å². The van der Waals surface area contributed by atoms with Gasteiger partial charge in [-0.05, 0) is 83.4 Å². The summed E-state index contributed by atoms with van der Waals surface area (Å²) >= 11 is 0. The Morgan fingerprint density at radius 3 is 2.58 bits per heavy atom. The van der Waals surface area contributed by atoms with E-state index < -0.39 is 56.6 Å². The van der Waals surface area contributed by atoms with Gasteiger partial charge in [0.25, 0.3) is 5.91 Å². The van der Waals surface area contributed by atoms with Gasteiger partial charge in [-0.1, -0.05) is 25.0 Å². The molecule has 2 aromatic heterocycles. The zero-order chi connectivity index (χ0) is 42.8. The van der Waals surface area contributed by atoms with E-state index in [1.807, 2.05) is 45.1 Å². The third-order valence-electron chi connectivity index (χ3n) is 11.9. The number of sulfonamides is 1. The molecule has 2 saturated carbocycles. The van der Waals surface area contributed by atoms with Crippen molar-refractivity contribution in [3.63, 3.8) is 0 Å². The highest BCUT2D eigenvalue weighted by Crippen LogP contribution is 2.57. The van der Waals surface area contributed by atoms with Gasteiger partial charge in [-0.3, -0.25) is 28.6 Å². The summed E-state index contributed by atoms with van der Waals surface area (Å²) in [5.41, 5.74) is 0.248. The molecule has 3 fully saturated rings. The maximum atomic E-state index is 14.8. The third kappa shape index (κ3) is 9.46. The van der Waals surface area contributed by atoms with Crippen LogP contribution in [0.5, 0.6) is 17.4 Å². The van der Waals surface area contributed by atoms with Crippen LogP contribution in [0.4, 0.5) is 0 Å². The predicted octanol–water partition coefficient (Wildman–Crippen LogP) is 4.42. The van der Waals surface area contributed by atoms with Crippen molar-refractivity contribution in [1.29, 1.82) is 0 Å². The third-order valence-corrected chi connectivity index (χ3v) is 13.7. The summed E-state index contributed by atoms with van der Waals surface area (Å²) in [6, 6.07) is 4.92. The predicted molar refractivity (Wildman–Crippen MR) is 221 cm³/mol. The van der Waals surface area contributed by atoms with Crippen molar-refractivity contribution in [3.05, 3.63) is 53.9 Å². The Morgan fingerprint density at radius 2 is 1.85 bits per heavy atom. The van der Waals surface area contributed by atoms with Gasteiger partial charge in [-0.25, -0.2) is 13.4 Å². The quantitative estimate of drug-likeness (QED) is 0.230. The lowest BCUT2D eigenvalue weighted by Gasteiger charge is -2.29. The second-order valence-electron chi connectivity index (χ2n) is 16.7. The normalized spacial score (nSPS) is 25.5. The van der Waals surface area contributed by atoms with Crippen LogP contribution in [0.1, 0.15) is 94.1 Å². The molecule has 7 rings (SSSR count). The number of hydrogen-bond acceptors (Lipinski definition) is 12. The number of aryl methyl sites for hydroxylation is 1. The molecule has 324 valence electrons. The number of pyridine rings is 1. The lowest BCUT2D eigenvalue weighted by Crippen LogP contribution is -2.52. The molecule has 60 heavy (non-hydrogen) atoms. The first kappa shape index (κ1) is 43.1. The first-order chi connectivity index (χ1) is 28.7. The van der Waals surface area contributed by atoms with Crippen LogP contribution in [0.25, 0.3) is 10.9 Å². The Bertz CT molecular complexity index is 2250. The van der Waals surface area contributed by atoms with Gasteiger partial charge in [0.05, 0.1) is 55.1 Å². The molecule has 4 heterocycles. The van der Waals surface area contributed by atoms with Crippen molar-refractivity contribution in [2.45, 2.75) is 121 Å². The maximum absolute atomic E-state index is 14.8. The van der Waals surface area contributed by atoms with Crippen LogP contribution < -0.4 is 24.2 Å². The number of amides is 3. The molecule has 1 saturated heterocycles. The van der Waals surface area contributed by atoms with Crippen molar-refractivity contribution >= 4 is 44.4 Å². The monoisotopic (exact) mass is 848 g/mol. The molecule has 5 atom stereocenters. The molecule has 4 aliphatic rings. The van der Waals surface area contributed by atoms with Crippen LogP contribution >= 0.6 is 0 Å². The minimum absolute atomic E-state index is 0.00513. The van der Waals surface area contributed by atoms with E-state index in [1.54, 1.807) is 37.2 Å². The Labute approximate surface area is 350 Å². The van der Waals surface area contributed by atoms with Gasteiger partial charge in [0, 0.05) is 43.2 Å². The number of ketones is 1. The van der Waals surface area contributed by atoms with E-state index >= 15 is 0 Å². The van der Waals surface area contributed by atoms with Crippen molar-refractivity contribution in [3.8, 4) is 17.4 Å². The number of aromatic nitrogens is 3. The SMILES string of the molecule is COCCn1ccc(C(=O)N[C@H]2CCCCC/C=C\[C@@H]3C[C@@]3(C(=O)NS(=O)(=O)C3CC3)CC(=O)[C@@H]3C[C@@H](Oc4cc(OC(C)C)nc5c(C)c(OC)ccc45)CN3C2=O)n1. The average molecular weight is 849 g/mol. The summed E-state index contributed by atoms with van der Waals surface area (Å²) in [5.74, 6) is -0.980. The second-order valence-corrected chi connectivity index (χ2v) is 18.7. The molecule has 0 bridgehead atoms. The van der Waals surface area contributed by atoms with Gasteiger partial charge in [0.1, 0.15) is 29.3 Å². The molecule has 2 N–H and O–H groups in total. The van der Waals surface area contributed by atoms with Crippen molar-refractivity contribution in [2.75, 3.05) is 27.4 Å². The molecular weight excluding hydrogens is 793 g/mol. The van der Waals surface area contributed by atoms with E-state index in [9.17, 15) is 27.6 Å². The molecule has 17 heteroatoms. The zero-order valence-electron chi connectivity index (χ0n) is 35.0. The van der Waals surface area contributed by atoms with Crippen LogP contribution in [0, 0.1) is 18.3 Å². The highest BCUT2D eigenvalue weighted by molar-refractivity contribution is 7.90. The van der Waals surface area contributed by atoms with Gasteiger partial charge in [-0.2, -0.15) is 5.10 Å². The van der Waals surface area contributed by atoms with E-state index in [0.29, 0.717) is 80.0 Å². The topological polar surface area (TPSA) is 197 Å². The first-order valence-corrected chi connectivity index (χ1v) is 22.5. The Balaban J connectivity index is 1.22. The van der Waals surface area contributed by atoms with E-state index in [2.05, 4.69) is 15.1 Å². The van der Waals surface area contributed by atoms with Crippen molar-refractivity contribution in [2.24, 2.45) is 11.3 Å². The van der Waals surface area contributed by atoms with Crippen molar-refractivity contribution < 1.29 is 46.5 Å². The average Bonchev–Trinajstić information content (AvgIpc) is 4.09. The number of nitrogens with zero attached hydrogens (tertiary/aromatic N) is 4. The van der Waals surface area contributed by atoms with Crippen LogP contribution in [-0.2, 0) is 35.7 Å². The molecular formula is C43H56N6O10S. The highest BCUT2D eigenvalue weighted by atomic mass is 32.2. The summed E-state index contributed by atoms with van der Waals surface area (Å²) in [6.45, 7) is 6.52. The van der Waals surface area contributed by atoms with Crippen LogP contribution in [-0.4, -0.2) is 108 Å². The number of carbonyl (C=O) groups excluding carboxylic acids is 4. The zero-order valence-corrected chi connectivity index (χ0v) is 35.8. The molecule has 3 aromatic rings. The van der Waals surface area contributed by atoms with Crippen LogP contribution in [0.3, 0.4) is 0 Å². The van der Waals surface area contributed by atoms with E-state index in [0.717, 1.165) is 18.4 Å². The maximum Gasteiger partial charge on any atom is 0.272 e. The summed E-state index contributed by atoms with van der Waals surface area (Å²) in [6.07, 6.45) is 9.02. The van der Waals surface area contributed by atoms with Gasteiger partial charge >= 0.3 is 0 Å². The standard InChI is InChI=1S/C43H56N6O10S/c1-26(2)58-38-22-37(31-15-16-36(57-5)27(3)39(31)45-38)59-29-21-34-35(50)24-43(42(53)47-60(54,55)30-13-14-30)23-28(43)11-9-7-6-8-10-12-33(41(52)49(34)25-29)44-40(51)32-17-18-48(46-32)19-20-56-4/h9,11,15-18,22,26,28-30,33-34H,6-8,10,12-14,19-21,23-25H2,1-5H3,(H,44,51)(H,47,53)/b11-9-/t28-,29-,33+,34+,43-/m1/s1. The summed E-state index contributed by atoms with van der Waals surface area (Å²) in [4.78, 5) is 63.4. The molecule has 2 aliphatic carbocycles. The van der Waals surface area contributed by atoms with Crippen LogP contribution in [0.15, 0.2) is 42.6 Å². The number of carbonyl (C=O) groups is 4. The minimum Gasteiger partial charge on any atom is -0.496 e. The number of hydrogen-bond donors (Lipinski definition) is 2. The number of Topliss-reactive ketones (excluding diaryl/α,β-unsaturated/α-hetero) is 1. The first-order valence-electron chi connectivity index (χ1n) is 20.9. The number of fused-ring (bicyclic) bond motifs is 3. The Kier molecular flexibility index (Phi) is 12.9. The van der Waals surface area contributed by atoms with Gasteiger partial charge in [0.2, 0.25) is 27.7 Å². The number of methoxy groups -OCH3 is 2. The summed E-state index contributed by atoms with van der Waals surface area (Å²) in [7, 11) is -0.719. The number of rotatable bonds is 13. The van der Waals surface area contributed by atoms with Gasteiger partial charge < -0.3 is 29.2 Å². The highest BCUT2D eigenvalue weighted by Gasteiger charge is 2.61. The summed E-state index contributed by atoms with van der Waals surface area (Å²) < 4.78 is 53.3. The largest absolute Gasteiger partial charge is 0.496 e. The molecule has 16 nitrogen and oxygen atoms in total. The number of nitrogens with one attached hydrogen (secondary N) is 2. The number of benzene rings is 1. The lowest BCUT2D eigenvalue weighted by molar-refractivity contribution is -0.140. The molecule has 0 unspecified atom stereocenters. The molecule has 1 aromatic carbocycles. The van der Waals surface area contributed by atoms with Crippen LogP contribution in [0.2, 0.25) is 0 Å². The minimum atomic E-state index is -3.88. The molecule has 2 aliphatic heterocycles.